The zero-order valence-electron chi connectivity index (χ0n) is 10.4. The van der Waals surface area contributed by atoms with Crippen molar-refractivity contribution >= 4 is 23.6 Å². The quantitative estimate of drug-likeness (QED) is 0.499. The summed E-state index contributed by atoms with van der Waals surface area (Å²) < 4.78 is 0. The van der Waals surface area contributed by atoms with E-state index < -0.39 is 0 Å². The molecule has 0 bridgehead atoms. The van der Waals surface area contributed by atoms with Crippen LogP contribution >= 0.6 is 0 Å². The van der Waals surface area contributed by atoms with Crippen LogP contribution in [0.25, 0.3) is 0 Å². The van der Waals surface area contributed by atoms with E-state index in [4.69, 9.17) is 0 Å². The molecule has 0 atom stereocenters. The first-order valence-electron chi connectivity index (χ1n) is 6.16. The summed E-state index contributed by atoms with van der Waals surface area (Å²) in [6.07, 6.45) is 7.12. The fourth-order valence-electron chi connectivity index (χ4n) is 2.02. The number of rotatable bonds is 6. The summed E-state index contributed by atoms with van der Waals surface area (Å²) in [5.41, 5.74) is 0. The zero-order chi connectivity index (χ0) is 13.8. The molecule has 6 heteroatoms. The molecule has 0 aliphatic carbocycles. The van der Waals surface area contributed by atoms with Crippen LogP contribution in [0.4, 0.5) is 0 Å². The molecular weight excluding hydrogens is 248 g/mol. The molecule has 0 fully saturated rings. The third kappa shape index (κ3) is 2.96. The third-order valence-electron chi connectivity index (χ3n) is 3.06. The van der Waals surface area contributed by atoms with Crippen LogP contribution < -0.4 is 0 Å². The lowest BCUT2D eigenvalue weighted by Crippen LogP contribution is -2.32. The predicted molar refractivity (Wildman–Crippen MR) is 65.6 cm³/mol. The van der Waals surface area contributed by atoms with Gasteiger partial charge >= 0.3 is 0 Å². The van der Waals surface area contributed by atoms with Gasteiger partial charge in [-0.2, -0.15) is 0 Å². The molecule has 6 nitrogen and oxygen atoms in total. The maximum Gasteiger partial charge on any atom is 0.253 e. The zero-order valence-corrected chi connectivity index (χ0v) is 10.4. The summed E-state index contributed by atoms with van der Waals surface area (Å²) in [5.74, 6) is -1.11. The molecular formula is C13H14N2O4. The van der Waals surface area contributed by atoms with Crippen LogP contribution in [-0.2, 0) is 19.2 Å². The second-order valence-corrected chi connectivity index (χ2v) is 4.38. The molecule has 0 aromatic rings. The number of carbonyl (C=O) groups excluding carboxylic acids is 4. The Bertz CT molecular complexity index is 413. The van der Waals surface area contributed by atoms with E-state index in [-0.39, 0.29) is 23.6 Å². The topological polar surface area (TPSA) is 74.8 Å². The van der Waals surface area contributed by atoms with E-state index in [0.29, 0.717) is 25.9 Å². The highest BCUT2D eigenvalue weighted by Gasteiger charge is 2.23. The van der Waals surface area contributed by atoms with Gasteiger partial charge in [-0.15, -0.1) is 0 Å². The van der Waals surface area contributed by atoms with E-state index in [2.05, 4.69) is 0 Å². The van der Waals surface area contributed by atoms with Crippen molar-refractivity contribution in [1.29, 1.82) is 0 Å². The van der Waals surface area contributed by atoms with E-state index >= 15 is 0 Å². The Morgan fingerprint density at radius 3 is 1.21 bits per heavy atom. The lowest BCUT2D eigenvalue weighted by atomic mass is 10.2. The number of hydrogen-bond donors (Lipinski definition) is 0. The molecule has 0 saturated carbocycles. The van der Waals surface area contributed by atoms with Gasteiger partial charge in [-0.1, -0.05) is 0 Å². The first-order chi connectivity index (χ1) is 9.09. The average Bonchev–Trinajstić information content (AvgIpc) is 2.86. The van der Waals surface area contributed by atoms with E-state index in [1.165, 1.54) is 34.1 Å². The first kappa shape index (κ1) is 13.2. The van der Waals surface area contributed by atoms with Crippen molar-refractivity contribution in [3.63, 3.8) is 0 Å². The lowest BCUT2D eigenvalue weighted by molar-refractivity contribution is -0.138. The van der Waals surface area contributed by atoms with Crippen molar-refractivity contribution < 1.29 is 19.2 Å². The van der Waals surface area contributed by atoms with Crippen molar-refractivity contribution in [2.24, 2.45) is 0 Å². The van der Waals surface area contributed by atoms with Gasteiger partial charge in [-0.25, -0.2) is 0 Å². The molecule has 0 N–H and O–H groups in total. The fraction of sp³-hybridized carbons (Fsp3) is 0.385. The van der Waals surface area contributed by atoms with Crippen LogP contribution in [0.1, 0.15) is 19.3 Å². The van der Waals surface area contributed by atoms with Gasteiger partial charge in [0.1, 0.15) is 0 Å². The second-order valence-electron chi connectivity index (χ2n) is 4.38. The van der Waals surface area contributed by atoms with Gasteiger partial charge in [0.05, 0.1) is 0 Å². The van der Waals surface area contributed by atoms with Gasteiger partial charge in [-0.05, 0) is 19.3 Å². The van der Waals surface area contributed by atoms with E-state index in [1.54, 1.807) is 0 Å². The molecule has 0 saturated heterocycles. The van der Waals surface area contributed by atoms with Gasteiger partial charge in [0.25, 0.3) is 23.6 Å². The molecule has 2 rings (SSSR count). The van der Waals surface area contributed by atoms with Crippen LogP contribution in [0.2, 0.25) is 0 Å². The van der Waals surface area contributed by atoms with Crippen molar-refractivity contribution in [2.75, 3.05) is 13.1 Å². The monoisotopic (exact) mass is 262 g/mol. The summed E-state index contributed by atoms with van der Waals surface area (Å²) in [4.78, 5) is 47.4. The maximum atomic E-state index is 11.3. The van der Waals surface area contributed by atoms with Crippen molar-refractivity contribution in [2.45, 2.75) is 19.3 Å². The summed E-state index contributed by atoms with van der Waals surface area (Å²) in [6, 6.07) is 0. The van der Waals surface area contributed by atoms with Crippen molar-refractivity contribution in [3.05, 3.63) is 24.3 Å². The Hall–Kier alpha value is -2.24. The van der Waals surface area contributed by atoms with Gasteiger partial charge in [0.15, 0.2) is 0 Å². The summed E-state index contributed by atoms with van der Waals surface area (Å²) in [5, 5.41) is 0. The highest BCUT2D eigenvalue weighted by atomic mass is 16.2. The normalized spacial score (nSPS) is 18.3. The van der Waals surface area contributed by atoms with Gasteiger partial charge in [0, 0.05) is 37.4 Å². The van der Waals surface area contributed by atoms with Crippen LogP contribution in [0.5, 0.6) is 0 Å². The minimum absolute atomic E-state index is 0.279. The van der Waals surface area contributed by atoms with Gasteiger partial charge in [-0.3, -0.25) is 29.0 Å². The lowest BCUT2D eigenvalue weighted by Gasteiger charge is -2.15. The maximum absolute atomic E-state index is 11.3. The van der Waals surface area contributed by atoms with Crippen LogP contribution in [0.15, 0.2) is 24.3 Å². The molecule has 2 heterocycles. The SMILES string of the molecule is O=C1C=CC(=O)N1CCCCCN1C(=O)C=CC1=O. The highest BCUT2D eigenvalue weighted by Crippen LogP contribution is 2.09. The average molecular weight is 262 g/mol. The van der Waals surface area contributed by atoms with Crippen molar-refractivity contribution in [3.8, 4) is 0 Å². The van der Waals surface area contributed by atoms with Crippen LogP contribution in [0, 0.1) is 0 Å². The summed E-state index contributed by atoms with van der Waals surface area (Å²) in [7, 11) is 0. The van der Waals surface area contributed by atoms with Crippen LogP contribution in [-0.4, -0.2) is 46.5 Å². The molecule has 0 aromatic carbocycles. The predicted octanol–water partition coefficient (Wildman–Crippen LogP) is 0.00670. The molecule has 2 aliphatic heterocycles. The minimum atomic E-state index is -0.279. The van der Waals surface area contributed by atoms with Crippen LogP contribution in [0.3, 0.4) is 0 Å². The number of carbonyl (C=O) groups is 4. The first-order valence-corrected chi connectivity index (χ1v) is 6.16. The number of hydrogen-bond acceptors (Lipinski definition) is 4. The van der Waals surface area contributed by atoms with Crippen molar-refractivity contribution in [1.82, 2.24) is 9.80 Å². The Morgan fingerprint density at radius 2 is 0.895 bits per heavy atom. The number of unbranched alkanes of at least 4 members (excludes halogenated alkanes) is 2. The standard InChI is InChI=1S/C13H14N2O4/c16-10-4-5-11(17)14(10)8-2-1-3-9-15-12(18)6-7-13(15)19/h4-7H,1-3,8-9H2. The largest absolute Gasteiger partial charge is 0.275 e. The Morgan fingerprint density at radius 1 is 0.579 bits per heavy atom. The molecule has 0 radical (unpaired) electrons. The Balaban J connectivity index is 1.63. The molecule has 19 heavy (non-hydrogen) atoms. The molecule has 0 spiro atoms. The molecule has 4 amide bonds. The number of amides is 4. The van der Waals surface area contributed by atoms with Gasteiger partial charge < -0.3 is 0 Å². The Labute approximate surface area is 110 Å². The van der Waals surface area contributed by atoms with E-state index in [0.717, 1.165) is 6.42 Å². The number of imide groups is 2. The number of nitrogens with zero attached hydrogens (tertiary/aromatic N) is 2. The summed E-state index contributed by atoms with van der Waals surface area (Å²) in [6.45, 7) is 0.760. The molecule has 100 valence electrons. The smallest absolute Gasteiger partial charge is 0.253 e. The molecule has 0 unspecified atom stereocenters. The molecule has 2 aliphatic rings. The van der Waals surface area contributed by atoms with Gasteiger partial charge in [0.2, 0.25) is 0 Å². The summed E-state index contributed by atoms with van der Waals surface area (Å²) >= 11 is 0. The molecule has 0 aromatic heterocycles. The Kier molecular flexibility index (Phi) is 3.89. The van der Waals surface area contributed by atoms with E-state index in [1.807, 2.05) is 0 Å². The van der Waals surface area contributed by atoms with E-state index in [9.17, 15) is 19.2 Å². The second kappa shape index (κ2) is 5.60. The highest BCUT2D eigenvalue weighted by molar-refractivity contribution is 6.13. The minimum Gasteiger partial charge on any atom is -0.275 e. The fourth-order valence-corrected chi connectivity index (χ4v) is 2.02. The third-order valence-corrected chi connectivity index (χ3v) is 3.06.